The van der Waals surface area contributed by atoms with Crippen LogP contribution < -0.4 is 0 Å². The van der Waals surface area contributed by atoms with E-state index in [1.54, 1.807) is 12.1 Å². The van der Waals surface area contributed by atoms with Crippen molar-refractivity contribution in [1.29, 1.82) is 5.26 Å². The molecule has 0 amide bonds. The Hall–Kier alpha value is -3.62. The number of halogens is 4. The molecule has 33 heavy (non-hydrogen) atoms. The van der Waals surface area contributed by atoms with Crippen molar-refractivity contribution in [2.45, 2.75) is 11.1 Å². The summed E-state index contributed by atoms with van der Waals surface area (Å²) in [4.78, 5) is 3.84. The molecule has 0 spiro atoms. The minimum Gasteiger partial charge on any atom is -0.464 e. The average molecular weight is 493 g/mol. The molecule has 1 aromatic carbocycles. The Bertz CT molecular complexity index is 1490. The van der Waals surface area contributed by atoms with Gasteiger partial charge in [0.05, 0.1) is 33.5 Å². The van der Waals surface area contributed by atoms with Crippen LogP contribution in [0.1, 0.15) is 11.3 Å². The van der Waals surface area contributed by atoms with Crippen LogP contribution >= 0.6 is 11.6 Å². The topological polar surface area (TPSA) is 102 Å². The number of sulfone groups is 1. The molecule has 0 N–H and O–H groups in total. The van der Waals surface area contributed by atoms with Gasteiger partial charge < -0.3 is 4.42 Å². The first-order chi connectivity index (χ1) is 15.5. The zero-order valence-electron chi connectivity index (χ0n) is 16.6. The fraction of sp³-hybridized carbons (Fsp3) is 0.0952. The number of hydrogen-bond donors (Lipinski definition) is 0. The van der Waals surface area contributed by atoms with E-state index in [1.807, 2.05) is 6.07 Å². The van der Waals surface area contributed by atoms with Crippen molar-refractivity contribution in [1.82, 2.24) is 14.8 Å². The smallest absolute Gasteiger partial charge is 0.436 e. The predicted molar refractivity (Wildman–Crippen MR) is 112 cm³/mol. The van der Waals surface area contributed by atoms with Crippen molar-refractivity contribution in [2.75, 3.05) is 6.26 Å². The van der Waals surface area contributed by atoms with E-state index in [0.29, 0.717) is 11.3 Å². The van der Waals surface area contributed by atoms with Gasteiger partial charge in [0.1, 0.15) is 5.76 Å². The largest absolute Gasteiger partial charge is 0.464 e. The van der Waals surface area contributed by atoms with Crippen LogP contribution in [-0.2, 0) is 16.0 Å². The van der Waals surface area contributed by atoms with Gasteiger partial charge in [-0.1, -0.05) is 17.7 Å². The lowest BCUT2D eigenvalue weighted by Gasteiger charge is -2.10. The van der Waals surface area contributed by atoms with Crippen molar-refractivity contribution in [2.24, 2.45) is 0 Å². The first kappa shape index (κ1) is 22.6. The summed E-state index contributed by atoms with van der Waals surface area (Å²) in [6, 6.07) is 12.0. The van der Waals surface area contributed by atoms with E-state index in [4.69, 9.17) is 16.0 Å². The summed E-state index contributed by atoms with van der Waals surface area (Å²) < 4.78 is 70.2. The Morgan fingerprint density at radius 2 is 1.94 bits per heavy atom. The van der Waals surface area contributed by atoms with Crippen LogP contribution in [0.5, 0.6) is 0 Å². The Kier molecular flexibility index (Phi) is 5.51. The highest BCUT2D eigenvalue weighted by atomic mass is 35.5. The van der Waals surface area contributed by atoms with E-state index in [-0.39, 0.29) is 27.5 Å². The zero-order chi connectivity index (χ0) is 24.0. The number of aromatic nitrogens is 3. The Balaban J connectivity index is 1.93. The van der Waals surface area contributed by atoms with Crippen LogP contribution in [0.15, 0.2) is 64.2 Å². The molecule has 3 heterocycles. The number of rotatable bonds is 4. The lowest BCUT2D eigenvalue weighted by Crippen LogP contribution is -2.09. The molecule has 0 aliphatic carbocycles. The van der Waals surface area contributed by atoms with Crippen LogP contribution in [0.25, 0.3) is 28.4 Å². The lowest BCUT2D eigenvalue weighted by molar-refractivity contribution is -0.141. The second kappa shape index (κ2) is 8.06. The maximum Gasteiger partial charge on any atom is 0.436 e. The van der Waals surface area contributed by atoms with Crippen LogP contribution in [0.2, 0.25) is 5.02 Å². The molecule has 0 atom stereocenters. The molecule has 0 saturated carbocycles. The first-order valence-corrected chi connectivity index (χ1v) is 11.4. The van der Waals surface area contributed by atoms with Gasteiger partial charge in [-0.05, 0) is 36.4 Å². The highest BCUT2D eigenvalue weighted by Gasteiger charge is 2.39. The third-order valence-electron chi connectivity index (χ3n) is 4.66. The van der Waals surface area contributed by atoms with E-state index >= 15 is 0 Å². The molecule has 0 aliphatic rings. The molecular weight excluding hydrogens is 481 g/mol. The van der Waals surface area contributed by atoms with E-state index in [2.05, 4.69) is 10.1 Å². The van der Waals surface area contributed by atoms with Crippen LogP contribution in [0.4, 0.5) is 13.2 Å². The zero-order valence-corrected chi connectivity index (χ0v) is 18.2. The van der Waals surface area contributed by atoms with Crippen molar-refractivity contribution in [3.8, 4) is 34.5 Å². The Labute approximate surface area is 190 Å². The normalized spacial score (nSPS) is 12.0. The fourth-order valence-corrected chi connectivity index (χ4v) is 4.04. The van der Waals surface area contributed by atoms with Crippen molar-refractivity contribution >= 4 is 21.4 Å². The minimum atomic E-state index is -4.87. The van der Waals surface area contributed by atoms with Gasteiger partial charge in [-0.15, -0.1) is 0 Å². The van der Waals surface area contributed by atoms with Gasteiger partial charge in [0.15, 0.2) is 21.3 Å². The number of pyridine rings is 1. The quantitative estimate of drug-likeness (QED) is 0.391. The summed E-state index contributed by atoms with van der Waals surface area (Å²) in [5, 5.41) is 12.5. The molecule has 12 heteroatoms. The van der Waals surface area contributed by atoms with Crippen molar-refractivity contribution in [3.63, 3.8) is 0 Å². The van der Waals surface area contributed by atoms with Gasteiger partial charge >= 0.3 is 6.18 Å². The fourth-order valence-electron chi connectivity index (χ4n) is 3.14. The lowest BCUT2D eigenvalue weighted by atomic mass is 10.0. The highest BCUT2D eigenvalue weighted by Crippen LogP contribution is 2.41. The Morgan fingerprint density at radius 1 is 1.18 bits per heavy atom. The van der Waals surface area contributed by atoms with Crippen molar-refractivity contribution < 1.29 is 26.0 Å². The van der Waals surface area contributed by atoms with Crippen LogP contribution in [0.3, 0.4) is 0 Å². The molecule has 0 unspecified atom stereocenters. The summed E-state index contributed by atoms with van der Waals surface area (Å²) in [5.41, 5.74) is -0.753. The van der Waals surface area contributed by atoms with Gasteiger partial charge in [-0.2, -0.15) is 23.5 Å². The highest BCUT2D eigenvalue weighted by molar-refractivity contribution is 7.90. The Morgan fingerprint density at radius 3 is 2.48 bits per heavy atom. The molecule has 7 nitrogen and oxygen atoms in total. The number of nitrogens with zero attached hydrogens (tertiary/aromatic N) is 4. The minimum absolute atomic E-state index is 0.0941. The molecule has 4 aromatic rings. The molecule has 0 aliphatic heterocycles. The summed E-state index contributed by atoms with van der Waals surface area (Å²) in [6.07, 6.45) is -1.45. The monoisotopic (exact) mass is 492 g/mol. The predicted octanol–water partition coefficient (Wildman–Crippen LogP) is 5.14. The van der Waals surface area contributed by atoms with Gasteiger partial charge in [0, 0.05) is 23.6 Å². The van der Waals surface area contributed by atoms with Gasteiger partial charge in [0.2, 0.25) is 0 Å². The second-order valence-corrected chi connectivity index (χ2v) is 9.29. The number of furan rings is 1. The van der Waals surface area contributed by atoms with E-state index < -0.39 is 26.7 Å². The standard InChI is InChI=1S/C21H12ClF3N4O3S/c1-33(30,31)14-5-7-17(27-11-14)29-19(18(22)20(28-29)21(23,24)25)12-4-6-15(13(9-12)10-26)16-3-2-8-32-16/h2-9,11H,1H3. The average Bonchev–Trinajstić information content (AvgIpc) is 3.40. The molecule has 0 saturated heterocycles. The van der Waals surface area contributed by atoms with E-state index in [9.17, 15) is 26.9 Å². The SMILES string of the molecule is CS(=O)(=O)c1ccc(-n2nc(C(F)(F)F)c(Cl)c2-c2ccc(-c3ccco3)c(C#N)c2)nc1. The van der Waals surface area contributed by atoms with E-state index in [0.717, 1.165) is 17.1 Å². The summed E-state index contributed by atoms with van der Waals surface area (Å²) in [6.45, 7) is 0. The first-order valence-electron chi connectivity index (χ1n) is 9.11. The third kappa shape index (κ3) is 4.22. The molecule has 0 bridgehead atoms. The number of alkyl halides is 3. The second-order valence-electron chi connectivity index (χ2n) is 6.89. The molecule has 3 aromatic heterocycles. The van der Waals surface area contributed by atoms with Gasteiger partial charge in [0.25, 0.3) is 0 Å². The molecular formula is C21H12ClF3N4O3S. The molecule has 4 rings (SSSR count). The van der Waals surface area contributed by atoms with Gasteiger partial charge in [-0.3, -0.25) is 0 Å². The maximum absolute atomic E-state index is 13.6. The number of benzene rings is 1. The van der Waals surface area contributed by atoms with Crippen LogP contribution in [-0.4, -0.2) is 29.4 Å². The number of hydrogen-bond acceptors (Lipinski definition) is 6. The summed E-state index contributed by atoms with van der Waals surface area (Å²) in [5.74, 6) is 0.315. The molecule has 0 fully saturated rings. The third-order valence-corrected chi connectivity index (χ3v) is 6.12. The molecule has 168 valence electrons. The summed E-state index contributed by atoms with van der Waals surface area (Å²) in [7, 11) is -3.57. The van der Waals surface area contributed by atoms with Crippen LogP contribution in [0, 0.1) is 11.3 Å². The molecule has 0 radical (unpaired) electrons. The van der Waals surface area contributed by atoms with Crippen molar-refractivity contribution in [3.05, 3.63) is 71.2 Å². The number of nitriles is 1. The maximum atomic E-state index is 13.6. The van der Waals surface area contributed by atoms with Gasteiger partial charge in [-0.25, -0.2) is 18.1 Å². The van der Waals surface area contributed by atoms with E-state index in [1.165, 1.54) is 36.6 Å². The summed E-state index contributed by atoms with van der Waals surface area (Å²) >= 11 is 6.11.